The maximum atomic E-state index is 5.55. The fraction of sp³-hybridized carbons (Fsp3) is 0. The van der Waals surface area contributed by atoms with Crippen molar-refractivity contribution in [2.45, 2.75) is 0 Å². The van der Waals surface area contributed by atoms with Crippen LogP contribution in [0.2, 0.25) is 0 Å². The van der Waals surface area contributed by atoms with Crippen LogP contribution in [-0.4, -0.2) is 14.3 Å². The highest BCUT2D eigenvalue weighted by Gasteiger charge is 2.27. The zero-order chi connectivity index (χ0) is 6.72. The molecule has 0 spiro atoms. The first-order valence-electron chi connectivity index (χ1n) is 2.90. The van der Waals surface area contributed by atoms with Gasteiger partial charge in [-0.25, -0.2) is 0 Å². The van der Waals surface area contributed by atoms with E-state index in [1.54, 1.807) is 15.3 Å². The van der Waals surface area contributed by atoms with Gasteiger partial charge in [0.1, 0.15) is 5.82 Å². The van der Waals surface area contributed by atoms with Gasteiger partial charge in [0.15, 0.2) is 5.65 Å². The molecule has 5 nitrogen and oxygen atoms in total. The van der Waals surface area contributed by atoms with Crippen LogP contribution in [0, 0.1) is 0 Å². The molecule has 0 saturated heterocycles. The second kappa shape index (κ2) is 0.985. The highest BCUT2D eigenvalue weighted by atomic mass is 16.8. The minimum atomic E-state index is 0.627. The maximum Gasteiger partial charge on any atom is 0.377 e. The van der Waals surface area contributed by atoms with Crippen LogP contribution in [-0.2, 0) is 0 Å². The number of anilines is 1. The van der Waals surface area contributed by atoms with E-state index in [0.29, 0.717) is 11.8 Å². The summed E-state index contributed by atoms with van der Waals surface area (Å²) in [6, 6.07) is 4.28. The lowest BCUT2D eigenvalue weighted by molar-refractivity contribution is 0.433. The second-order valence-corrected chi connectivity index (χ2v) is 2.20. The summed E-state index contributed by atoms with van der Waals surface area (Å²) in [6.45, 7) is 0. The number of fused-ring (bicyclic) bond motifs is 3. The van der Waals surface area contributed by atoms with Crippen LogP contribution < -0.4 is 10.6 Å². The van der Waals surface area contributed by atoms with Gasteiger partial charge >= 0.3 is 6.01 Å². The number of nitrogens with zero attached hydrogens (tertiary/aromatic N) is 3. The van der Waals surface area contributed by atoms with Gasteiger partial charge < -0.3 is 10.6 Å². The molecule has 0 radical (unpaired) electrons. The molecule has 0 fully saturated rings. The monoisotopic (exact) mass is 136 g/mol. The predicted octanol–water partition coefficient (Wildman–Crippen LogP) is -0.127. The average Bonchev–Trinajstić information content (AvgIpc) is 2.46. The second-order valence-electron chi connectivity index (χ2n) is 2.20. The smallest absolute Gasteiger partial charge is 0.377 e. The molecular weight excluding hydrogens is 132 g/mol. The third-order valence-electron chi connectivity index (χ3n) is 1.57. The van der Waals surface area contributed by atoms with Gasteiger partial charge in [0.05, 0.1) is 0 Å². The summed E-state index contributed by atoms with van der Waals surface area (Å²) in [5.41, 5.74) is 6.43. The van der Waals surface area contributed by atoms with E-state index in [0.717, 1.165) is 5.65 Å². The largest absolute Gasteiger partial charge is 0.384 e. The molecule has 0 aliphatic carbocycles. The summed E-state index contributed by atoms with van der Waals surface area (Å²) >= 11 is 0. The molecule has 0 bridgehead atoms. The summed E-state index contributed by atoms with van der Waals surface area (Å²) in [6.07, 6.45) is 0. The van der Waals surface area contributed by atoms with Crippen molar-refractivity contribution in [3.05, 3.63) is 12.1 Å². The maximum absolute atomic E-state index is 5.55. The van der Waals surface area contributed by atoms with Crippen LogP contribution in [0.15, 0.2) is 12.1 Å². The molecule has 0 amide bonds. The molecule has 0 atom stereocenters. The third-order valence-corrected chi connectivity index (χ3v) is 1.57. The van der Waals surface area contributed by atoms with E-state index in [1.807, 2.05) is 6.07 Å². The molecule has 3 heterocycles. The zero-order valence-electron chi connectivity index (χ0n) is 4.98. The van der Waals surface area contributed by atoms with Crippen molar-refractivity contribution in [2.75, 3.05) is 5.73 Å². The molecular formula is C5H4N4O. The molecule has 5 heteroatoms. The number of nitrogens with two attached hydrogens (primary N) is 1. The van der Waals surface area contributed by atoms with Crippen LogP contribution in [0.3, 0.4) is 0 Å². The molecule has 0 unspecified atom stereocenters. The molecule has 0 aromatic carbocycles. The molecule has 10 heavy (non-hydrogen) atoms. The summed E-state index contributed by atoms with van der Waals surface area (Å²) in [4.78, 5) is 4.90. The normalized spacial score (nSPS) is 13.2. The van der Waals surface area contributed by atoms with Crippen LogP contribution in [0.1, 0.15) is 0 Å². The molecule has 2 aromatic heterocycles. The van der Waals surface area contributed by atoms with E-state index in [9.17, 15) is 0 Å². The topological polar surface area (TPSA) is 60.8 Å². The Morgan fingerprint density at radius 3 is 3.20 bits per heavy atom. The van der Waals surface area contributed by atoms with E-state index < -0.39 is 0 Å². The van der Waals surface area contributed by atoms with Gasteiger partial charge in [0.25, 0.3) is 0 Å². The first kappa shape index (κ1) is 4.21. The van der Waals surface area contributed by atoms with Crippen molar-refractivity contribution in [1.29, 1.82) is 0 Å². The van der Waals surface area contributed by atoms with Crippen LogP contribution in [0.25, 0.3) is 5.65 Å². The molecule has 2 aromatic rings. The van der Waals surface area contributed by atoms with Gasteiger partial charge in [-0.3, -0.25) is 0 Å². The number of rotatable bonds is 0. The lowest BCUT2D eigenvalue weighted by Crippen LogP contribution is -1.94. The SMILES string of the molecule is Nc1ccc2n3c(nn12)O3. The van der Waals surface area contributed by atoms with E-state index in [1.165, 1.54) is 0 Å². The van der Waals surface area contributed by atoms with Crippen molar-refractivity contribution < 1.29 is 4.84 Å². The van der Waals surface area contributed by atoms with Gasteiger partial charge in [-0.1, -0.05) is 4.73 Å². The van der Waals surface area contributed by atoms with Gasteiger partial charge in [0, 0.05) is 0 Å². The summed E-state index contributed by atoms with van der Waals surface area (Å²) in [5, 5.41) is 4.00. The lowest BCUT2D eigenvalue weighted by atomic mass is 10.6. The Bertz CT molecular complexity index is 407. The van der Waals surface area contributed by atoms with Crippen molar-refractivity contribution in [2.24, 2.45) is 0 Å². The number of hydrogen-bond acceptors (Lipinski definition) is 3. The molecule has 1 aliphatic rings. The minimum absolute atomic E-state index is 0.627. The Hall–Kier alpha value is -1.65. The Balaban J connectivity index is 2.62. The molecule has 2 N–H and O–H groups in total. The van der Waals surface area contributed by atoms with Crippen LogP contribution in [0.5, 0.6) is 6.01 Å². The van der Waals surface area contributed by atoms with Gasteiger partial charge in [-0.05, 0) is 12.1 Å². The fourth-order valence-electron chi connectivity index (χ4n) is 1.05. The molecule has 1 aliphatic heterocycles. The van der Waals surface area contributed by atoms with E-state index in [4.69, 9.17) is 10.6 Å². The third kappa shape index (κ3) is 0.283. The molecule has 50 valence electrons. The van der Waals surface area contributed by atoms with E-state index in [-0.39, 0.29) is 0 Å². The van der Waals surface area contributed by atoms with Crippen LogP contribution >= 0.6 is 0 Å². The number of nitrogen functional groups attached to an aromatic ring is 1. The summed E-state index contributed by atoms with van der Waals surface area (Å²) < 4.78 is 3.26. The van der Waals surface area contributed by atoms with Gasteiger partial charge in [-0.2, -0.15) is 4.52 Å². The van der Waals surface area contributed by atoms with Gasteiger partial charge in [-0.15, -0.1) is 5.10 Å². The first-order valence-corrected chi connectivity index (χ1v) is 2.90. The molecule has 3 rings (SSSR count). The van der Waals surface area contributed by atoms with E-state index in [2.05, 4.69) is 5.10 Å². The number of aromatic nitrogens is 3. The minimum Gasteiger partial charge on any atom is -0.384 e. The first-order chi connectivity index (χ1) is 4.86. The number of hydrogen-bond donors (Lipinski definition) is 1. The average molecular weight is 136 g/mol. The highest BCUT2D eigenvalue weighted by Crippen LogP contribution is 2.27. The predicted molar refractivity (Wildman–Crippen MR) is 33.6 cm³/mol. The van der Waals surface area contributed by atoms with Crippen molar-refractivity contribution in [1.82, 2.24) is 14.3 Å². The standard InChI is InChI=1S/C5H4N4O/c6-3-1-2-4-8(3)7-5-9(4)10-5/h1-2H,6H2. The van der Waals surface area contributed by atoms with Gasteiger partial charge in [0.2, 0.25) is 0 Å². The Morgan fingerprint density at radius 2 is 2.40 bits per heavy atom. The fourth-order valence-corrected chi connectivity index (χ4v) is 1.05. The zero-order valence-corrected chi connectivity index (χ0v) is 4.98. The van der Waals surface area contributed by atoms with E-state index >= 15 is 0 Å². The Kier molecular flexibility index (Phi) is 0.415. The van der Waals surface area contributed by atoms with Crippen LogP contribution in [0.4, 0.5) is 5.82 Å². The summed E-state index contributed by atoms with van der Waals surface area (Å²) in [7, 11) is 0. The summed E-state index contributed by atoms with van der Waals surface area (Å²) in [5.74, 6) is 0.637. The van der Waals surface area contributed by atoms with Crippen molar-refractivity contribution >= 4 is 11.5 Å². The molecule has 0 saturated carbocycles. The Morgan fingerprint density at radius 1 is 1.50 bits per heavy atom. The van der Waals surface area contributed by atoms with Crippen molar-refractivity contribution in [3.63, 3.8) is 0 Å². The lowest BCUT2D eigenvalue weighted by Gasteiger charge is -1.85. The highest BCUT2D eigenvalue weighted by molar-refractivity contribution is 5.53. The van der Waals surface area contributed by atoms with Crippen molar-refractivity contribution in [3.8, 4) is 6.01 Å². The quantitative estimate of drug-likeness (QED) is 0.438. The Labute approximate surface area is 55.6 Å².